The fraction of sp³-hybridized carbons (Fsp3) is 0.538. The molecule has 0 unspecified atom stereocenters. The summed E-state index contributed by atoms with van der Waals surface area (Å²) in [5.74, 6) is 0.354. The molecule has 2 N–H and O–H groups in total. The number of phenolic OH excluding ortho intramolecular Hbond substituents is 1. The van der Waals surface area contributed by atoms with E-state index in [0.29, 0.717) is 12.3 Å². The van der Waals surface area contributed by atoms with Crippen molar-refractivity contribution < 1.29 is 13.5 Å². The molecule has 0 aliphatic carbocycles. The van der Waals surface area contributed by atoms with Gasteiger partial charge in [-0.25, -0.2) is 13.1 Å². The first kappa shape index (κ1) is 17.7. The van der Waals surface area contributed by atoms with Gasteiger partial charge in [-0.1, -0.05) is 0 Å². The van der Waals surface area contributed by atoms with Gasteiger partial charge in [-0.05, 0) is 70.2 Å². The first-order valence-electron chi connectivity index (χ1n) is 6.61. The Morgan fingerprint density at radius 2 is 1.95 bits per heavy atom. The highest BCUT2D eigenvalue weighted by Crippen LogP contribution is 2.28. The summed E-state index contributed by atoms with van der Waals surface area (Å²) in [6.45, 7) is 2.35. The number of sulfonamides is 1. The molecule has 5 nitrogen and oxygen atoms in total. The van der Waals surface area contributed by atoms with E-state index in [1.54, 1.807) is 0 Å². The Balaban J connectivity index is 1.95. The molecule has 0 saturated carbocycles. The van der Waals surface area contributed by atoms with Crippen molar-refractivity contribution in [2.75, 3.05) is 19.3 Å². The zero-order valence-corrected chi connectivity index (χ0v) is 16.8. The maximum atomic E-state index is 11.2. The molecule has 1 aliphatic rings. The van der Waals surface area contributed by atoms with Crippen LogP contribution in [0.15, 0.2) is 12.1 Å². The molecule has 8 heteroatoms. The van der Waals surface area contributed by atoms with Crippen molar-refractivity contribution in [1.29, 1.82) is 0 Å². The lowest BCUT2D eigenvalue weighted by Gasteiger charge is -2.32. The van der Waals surface area contributed by atoms with E-state index in [1.807, 2.05) is 12.1 Å². The Kier molecular flexibility index (Phi) is 6.14. The van der Waals surface area contributed by atoms with Gasteiger partial charge < -0.3 is 5.11 Å². The van der Waals surface area contributed by atoms with Crippen LogP contribution in [0.2, 0.25) is 0 Å². The van der Waals surface area contributed by atoms with E-state index in [1.165, 1.54) is 6.26 Å². The van der Waals surface area contributed by atoms with Crippen LogP contribution in [0.25, 0.3) is 0 Å². The van der Waals surface area contributed by atoms with Gasteiger partial charge in [-0.15, -0.1) is 0 Å². The average Bonchev–Trinajstić information content (AvgIpc) is 2.36. The van der Waals surface area contributed by atoms with Crippen molar-refractivity contribution in [2.24, 2.45) is 0 Å². The van der Waals surface area contributed by atoms with Gasteiger partial charge in [-0.3, -0.25) is 4.90 Å². The molecule has 1 aliphatic heterocycles. The zero-order valence-electron chi connectivity index (χ0n) is 11.6. The number of hydrogen-bond donors (Lipinski definition) is 2. The molecule has 0 aromatic heterocycles. The van der Waals surface area contributed by atoms with Gasteiger partial charge in [-0.2, -0.15) is 0 Å². The van der Waals surface area contributed by atoms with Gasteiger partial charge in [0.05, 0.1) is 9.83 Å². The minimum Gasteiger partial charge on any atom is -0.507 e. The van der Waals surface area contributed by atoms with Crippen LogP contribution in [0.1, 0.15) is 18.4 Å². The standard InChI is InChI=1S/C13H18I2N2O3S/c1-21(19,20)16-11-2-4-17(5-3-11)8-9-6-10(14)7-12(15)13(9)18/h6-7,11,16,18H,2-5,8H2,1H3. The molecule has 1 heterocycles. The maximum absolute atomic E-state index is 11.2. The molecule has 2 rings (SSSR count). The quantitative estimate of drug-likeness (QED) is 0.579. The number of benzene rings is 1. The predicted molar refractivity (Wildman–Crippen MR) is 99.8 cm³/mol. The highest BCUT2D eigenvalue weighted by atomic mass is 127. The summed E-state index contributed by atoms with van der Waals surface area (Å²) >= 11 is 4.39. The summed E-state index contributed by atoms with van der Waals surface area (Å²) in [6, 6.07) is 3.97. The second-order valence-corrected chi connectivity index (χ2v) is 9.52. The van der Waals surface area contributed by atoms with Crippen molar-refractivity contribution in [3.05, 3.63) is 24.8 Å². The highest BCUT2D eigenvalue weighted by molar-refractivity contribution is 14.1. The van der Waals surface area contributed by atoms with E-state index in [9.17, 15) is 13.5 Å². The SMILES string of the molecule is CS(=O)(=O)NC1CCN(Cc2cc(I)cc(I)c2O)CC1. The monoisotopic (exact) mass is 536 g/mol. The molecular formula is C13H18I2N2O3S. The van der Waals surface area contributed by atoms with Crippen LogP contribution in [0.3, 0.4) is 0 Å². The van der Waals surface area contributed by atoms with E-state index >= 15 is 0 Å². The van der Waals surface area contributed by atoms with Crippen molar-refractivity contribution in [2.45, 2.75) is 25.4 Å². The van der Waals surface area contributed by atoms with Crippen LogP contribution in [0, 0.1) is 7.14 Å². The fourth-order valence-electron chi connectivity index (χ4n) is 2.49. The zero-order chi connectivity index (χ0) is 15.6. The van der Waals surface area contributed by atoms with E-state index < -0.39 is 10.0 Å². The molecule has 0 amide bonds. The molecule has 1 aromatic rings. The second kappa shape index (κ2) is 7.28. The van der Waals surface area contributed by atoms with Crippen molar-refractivity contribution in [1.82, 2.24) is 9.62 Å². The first-order valence-corrected chi connectivity index (χ1v) is 10.7. The van der Waals surface area contributed by atoms with E-state index in [0.717, 1.165) is 38.6 Å². The van der Waals surface area contributed by atoms with Gasteiger partial charge in [0, 0.05) is 34.8 Å². The Hall–Kier alpha value is 0.350. The number of nitrogens with one attached hydrogen (secondary N) is 1. The summed E-state index contributed by atoms with van der Waals surface area (Å²) in [5.41, 5.74) is 0.931. The van der Waals surface area contributed by atoms with Crippen molar-refractivity contribution in [3.8, 4) is 5.75 Å². The van der Waals surface area contributed by atoms with Crippen LogP contribution < -0.4 is 4.72 Å². The largest absolute Gasteiger partial charge is 0.507 e. The van der Waals surface area contributed by atoms with Crippen LogP contribution in [-0.2, 0) is 16.6 Å². The van der Waals surface area contributed by atoms with E-state index in [4.69, 9.17) is 0 Å². The van der Waals surface area contributed by atoms with E-state index in [-0.39, 0.29) is 6.04 Å². The predicted octanol–water partition coefficient (Wildman–Crippen LogP) is 2.12. The normalized spacial score (nSPS) is 18.0. The number of halogens is 2. The molecule has 1 fully saturated rings. The van der Waals surface area contributed by atoms with Gasteiger partial charge in [0.25, 0.3) is 0 Å². The third-order valence-corrected chi connectivity index (χ3v) is 5.68. The topological polar surface area (TPSA) is 69.6 Å². The summed E-state index contributed by atoms with van der Waals surface area (Å²) in [5, 5.41) is 10.1. The van der Waals surface area contributed by atoms with Gasteiger partial charge in [0.1, 0.15) is 5.75 Å². The van der Waals surface area contributed by atoms with Crippen LogP contribution >= 0.6 is 45.2 Å². The van der Waals surface area contributed by atoms with Gasteiger partial charge >= 0.3 is 0 Å². The number of aromatic hydroxyl groups is 1. The number of piperidine rings is 1. The van der Waals surface area contributed by atoms with Crippen molar-refractivity contribution in [3.63, 3.8) is 0 Å². The molecule has 0 atom stereocenters. The lowest BCUT2D eigenvalue weighted by atomic mass is 10.1. The van der Waals surface area contributed by atoms with Crippen LogP contribution in [-0.4, -0.2) is 43.8 Å². The number of likely N-dealkylation sites (tertiary alicyclic amines) is 1. The molecule has 118 valence electrons. The van der Waals surface area contributed by atoms with Crippen LogP contribution in [0.5, 0.6) is 5.75 Å². The van der Waals surface area contributed by atoms with E-state index in [2.05, 4.69) is 54.8 Å². The molecule has 0 radical (unpaired) electrons. The fourth-order valence-corrected chi connectivity index (χ4v) is 5.30. The minimum absolute atomic E-state index is 0.0286. The smallest absolute Gasteiger partial charge is 0.208 e. The Bertz CT molecular complexity index is 614. The Morgan fingerprint density at radius 3 is 2.52 bits per heavy atom. The summed E-state index contributed by atoms with van der Waals surface area (Å²) in [6.07, 6.45) is 2.80. The molecular weight excluding hydrogens is 518 g/mol. The number of rotatable bonds is 4. The van der Waals surface area contributed by atoms with Gasteiger partial charge in [0.15, 0.2) is 0 Å². The lowest BCUT2D eigenvalue weighted by Crippen LogP contribution is -2.43. The number of nitrogens with zero attached hydrogens (tertiary/aromatic N) is 1. The minimum atomic E-state index is -3.13. The summed E-state index contributed by atoms with van der Waals surface area (Å²) in [7, 11) is -3.13. The third kappa shape index (κ3) is 5.48. The summed E-state index contributed by atoms with van der Waals surface area (Å²) in [4.78, 5) is 2.25. The maximum Gasteiger partial charge on any atom is 0.208 e. The van der Waals surface area contributed by atoms with Crippen molar-refractivity contribution >= 4 is 55.2 Å². The lowest BCUT2D eigenvalue weighted by molar-refractivity contribution is 0.198. The highest BCUT2D eigenvalue weighted by Gasteiger charge is 2.22. The Morgan fingerprint density at radius 1 is 1.33 bits per heavy atom. The molecule has 1 saturated heterocycles. The van der Waals surface area contributed by atoms with Gasteiger partial charge in [0.2, 0.25) is 10.0 Å². The molecule has 21 heavy (non-hydrogen) atoms. The molecule has 1 aromatic carbocycles. The summed E-state index contributed by atoms with van der Waals surface area (Å²) < 4.78 is 27.1. The average molecular weight is 536 g/mol. The number of phenols is 1. The molecule has 0 spiro atoms. The Labute approximate surface area is 152 Å². The number of hydrogen-bond acceptors (Lipinski definition) is 4. The first-order chi connectivity index (χ1) is 9.74. The second-order valence-electron chi connectivity index (χ2n) is 5.34. The third-order valence-electron chi connectivity index (χ3n) is 3.47. The van der Waals surface area contributed by atoms with Crippen LogP contribution in [0.4, 0.5) is 0 Å². The molecule has 0 bridgehead atoms.